The molecule has 16 heavy (non-hydrogen) atoms. The van der Waals surface area contributed by atoms with E-state index in [2.05, 4.69) is 9.97 Å². The van der Waals surface area contributed by atoms with Crippen LogP contribution in [0.2, 0.25) is 0 Å². The molecule has 1 heterocycles. The third-order valence-corrected chi connectivity index (χ3v) is 3.28. The summed E-state index contributed by atoms with van der Waals surface area (Å²) in [7, 11) is 0. The van der Waals surface area contributed by atoms with Gasteiger partial charge < -0.3 is 10.7 Å². The minimum atomic E-state index is -0.0744. The quantitative estimate of drug-likeness (QED) is 0.746. The Balaban J connectivity index is 2.23. The van der Waals surface area contributed by atoms with Crippen LogP contribution in [0.1, 0.15) is 56.0 Å². The number of H-pyrrole nitrogens is 1. The fourth-order valence-corrected chi connectivity index (χ4v) is 2.41. The van der Waals surface area contributed by atoms with Crippen LogP contribution in [0.4, 0.5) is 0 Å². The maximum Gasteiger partial charge on any atom is 0.251 e. The molecule has 0 unspecified atom stereocenters. The van der Waals surface area contributed by atoms with E-state index in [1.54, 1.807) is 6.07 Å². The summed E-state index contributed by atoms with van der Waals surface area (Å²) in [5.74, 6) is 1.06. The first-order valence-electron chi connectivity index (χ1n) is 6.10. The van der Waals surface area contributed by atoms with Gasteiger partial charge in [-0.2, -0.15) is 0 Å². The fraction of sp³-hybridized carbons (Fsp3) is 0.667. The lowest BCUT2D eigenvalue weighted by Gasteiger charge is -2.13. The Morgan fingerprint density at radius 3 is 2.62 bits per heavy atom. The van der Waals surface area contributed by atoms with Gasteiger partial charge in [0.05, 0.1) is 12.2 Å². The first kappa shape index (κ1) is 11.3. The number of nitrogens with one attached hydrogen (secondary N) is 1. The smallest absolute Gasteiger partial charge is 0.251 e. The molecule has 1 saturated carbocycles. The van der Waals surface area contributed by atoms with Gasteiger partial charge in [0, 0.05) is 12.0 Å². The highest BCUT2D eigenvalue weighted by atomic mass is 16.1. The van der Waals surface area contributed by atoms with E-state index in [9.17, 15) is 4.79 Å². The van der Waals surface area contributed by atoms with Crippen LogP contribution in [0.5, 0.6) is 0 Å². The molecule has 4 heteroatoms. The third-order valence-electron chi connectivity index (χ3n) is 3.28. The van der Waals surface area contributed by atoms with Crippen molar-refractivity contribution in [3.63, 3.8) is 0 Å². The zero-order chi connectivity index (χ0) is 11.4. The summed E-state index contributed by atoms with van der Waals surface area (Å²) in [4.78, 5) is 18.5. The molecule has 1 aromatic heterocycles. The molecule has 0 bridgehead atoms. The molecule has 1 aliphatic rings. The summed E-state index contributed by atoms with van der Waals surface area (Å²) in [5.41, 5.74) is 6.38. The zero-order valence-corrected chi connectivity index (χ0v) is 9.54. The van der Waals surface area contributed by atoms with Gasteiger partial charge in [0.2, 0.25) is 0 Å². The van der Waals surface area contributed by atoms with E-state index in [-0.39, 0.29) is 5.56 Å². The molecule has 0 aliphatic heterocycles. The van der Waals surface area contributed by atoms with Crippen molar-refractivity contribution in [1.82, 2.24) is 9.97 Å². The zero-order valence-electron chi connectivity index (χ0n) is 9.54. The van der Waals surface area contributed by atoms with E-state index in [0.29, 0.717) is 18.3 Å². The maximum absolute atomic E-state index is 11.4. The molecule has 0 saturated heterocycles. The highest BCUT2D eigenvalue weighted by molar-refractivity contribution is 5.09. The van der Waals surface area contributed by atoms with Crippen LogP contribution < -0.4 is 11.3 Å². The molecule has 88 valence electrons. The van der Waals surface area contributed by atoms with Crippen LogP contribution in [0.3, 0.4) is 0 Å². The van der Waals surface area contributed by atoms with Gasteiger partial charge in [-0.25, -0.2) is 4.98 Å². The third kappa shape index (κ3) is 2.70. The van der Waals surface area contributed by atoms with E-state index < -0.39 is 0 Å². The van der Waals surface area contributed by atoms with Gasteiger partial charge in [-0.05, 0) is 12.8 Å². The van der Waals surface area contributed by atoms with Gasteiger partial charge in [-0.1, -0.05) is 25.7 Å². The molecule has 3 N–H and O–H groups in total. The molecule has 1 aliphatic carbocycles. The van der Waals surface area contributed by atoms with Crippen molar-refractivity contribution >= 4 is 0 Å². The molecule has 0 amide bonds. The van der Waals surface area contributed by atoms with Crippen molar-refractivity contribution < 1.29 is 0 Å². The summed E-state index contributed by atoms with van der Waals surface area (Å²) in [6.07, 6.45) is 7.42. The lowest BCUT2D eigenvalue weighted by atomic mass is 9.96. The molecule has 2 rings (SSSR count). The Bertz CT molecular complexity index is 391. The Morgan fingerprint density at radius 1 is 1.31 bits per heavy atom. The second-order valence-electron chi connectivity index (χ2n) is 4.51. The van der Waals surface area contributed by atoms with Gasteiger partial charge in [-0.15, -0.1) is 0 Å². The van der Waals surface area contributed by atoms with E-state index >= 15 is 0 Å². The number of rotatable bonds is 2. The summed E-state index contributed by atoms with van der Waals surface area (Å²) in [5, 5.41) is 0. The minimum absolute atomic E-state index is 0.0744. The fourth-order valence-electron chi connectivity index (χ4n) is 2.41. The van der Waals surface area contributed by atoms with E-state index in [0.717, 1.165) is 18.5 Å². The average Bonchev–Trinajstić information content (AvgIpc) is 2.56. The SMILES string of the molecule is NCc1nc(C2CCCCCC2)cc(=O)[nH]1. The van der Waals surface area contributed by atoms with Crippen LogP contribution in [0, 0.1) is 0 Å². The lowest BCUT2D eigenvalue weighted by Crippen LogP contribution is -2.17. The number of hydrogen-bond acceptors (Lipinski definition) is 3. The first-order chi connectivity index (χ1) is 7.79. The number of nitrogens with zero attached hydrogens (tertiary/aromatic N) is 1. The average molecular weight is 221 g/mol. The van der Waals surface area contributed by atoms with Gasteiger partial charge in [0.1, 0.15) is 5.82 Å². The van der Waals surface area contributed by atoms with Crippen LogP contribution in [0.15, 0.2) is 10.9 Å². The van der Waals surface area contributed by atoms with Crippen molar-refractivity contribution in [2.24, 2.45) is 5.73 Å². The lowest BCUT2D eigenvalue weighted by molar-refractivity contribution is 0.571. The van der Waals surface area contributed by atoms with Crippen LogP contribution in [-0.4, -0.2) is 9.97 Å². The largest absolute Gasteiger partial charge is 0.324 e. The molecular weight excluding hydrogens is 202 g/mol. The Hall–Kier alpha value is -1.16. The molecule has 0 aromatic carbocycles. The molecule has 4 nitrogen and oxygen atoms in total. The topological polar surface area (TPSA) is 71.8 Å². The number of aromatic amines is 1. The van der Waals surface area contributed by atoms with Gasteiger partial charge in [0.15, 0.2) is 0 Å². The molecule has 0 radical (unpaired) electrons. The van der Waals surface area contributed by atoms with Crippen molar-refractivity contribution in [2.45, 2.75) is 51.0 Å². The number of hydrogen-bond donors (Lipinski definition) is 2. The Labute approximate surface area is 95.3 Å². The Kier molecular flexibility index (Phi) is 3.72. The molecule has 0 atom stereocenters. The summed E-state index contributed by atoms with van der Waals surface area (Å²) in [6, 6.07) is 1.63. The second kappa shape index (κ2) is 5.25. The minimum Gasteiger partial charge on any atom is -0.324 e. The van der Waals surface area contributed by atoms with Gasteiger partial charge in [-0.3, -0.25) is 4.79 Å². The molecule has 1 fully saturated rings. The van der Waals surface area contributed by atoms with Crippen LogP contribution in [0.25, 0.3) is 0 Å². The number of aromatic nitrogens is 2. The molecule has 0 spiro atoms. The highest BCUT2D eigenvalue weighted by Crippen LogP contribution is 2.29. The van der Waals surface area contributed by atoms with Crippen molar-refractivity contribution in [2.75, 3.05) is 0 Å². The standard InChI is InChI=1S/C12H19N3O/c13-8-11-14-10(7-12(16)15-11)9-5-3-1-2-4-6-9/h7,9H,1-6,8,13H2,(H,14,15,16). The maximum atomic E-state index is 11.4. The van der Waals surface area contributed by atoms with E-state index in [1.165, 1.54) is 25.7 Å². The van der Waals surface area contributed by atoms with Gasteiger partial charge in [0.25, 0.3) is 5.56 Å². The molecule has 1 aromatic rings. The summed E-state index contributed by atoms with van der Waals surface area (Å²) >= 11 is 0. The van der Waals surface area contributed by atoms with Crippen molar-refractivity contribution in [3.05, 3.63) is 27.9 Å². The predicted octanol–water partition coefficient (Wildman–Crippen LogP) is 1.67. The van der Waals surface area contributed by atoms with E-state index in [1.807, 2.05) is 0 Å². The molecular formula is C12H19N3O. The number of nitrogens with two attached hydrogens (primary N) is 1. The summed E-state index contributed by atoms with van der Waals surface area (Å²) < 4.78 is 0. The highest BCUT2D eigenvalue weighted by Gasteiger charge is 2.16. The van der Waals surface area contributed by atoms with Crippen LogP contribution >= 0.6 is 0 Å². The Morgan fingerprint density at radius 2 is 2.00 bits per heavy atom. The van der Waals surface area contributed by atoms with Crippen molar-refractivity contribution in [3.8, 4) is 0 Å². The summed E-state index contributed by atoms with van der Waals surface area (Å²) in [6.45, 7) is 0.301. The monoisotopic (exact) mass is 221 g/mol. The second-order valence-corrected chi connectivity index (χ2v) is 4.51. The first-order valence-corrected chi connectivity index (χ1v) is 6.10. The van der Waals surface area contributed by atoms with E-state index in [4.69, 9.17) is 5.73 Å². The van der Waals surface area contributed by atoms with Crippen molar-refractivity contribution in [1.29, 1.82) is 0 Å². The van der Waals surface area contributed by atoms with Gasteiger partial charge >= 0.3 is 0 Å². The predicted molar refractivity (Wildman–Crippen MR) is 63.2 cm³/mol. The van der Waals surface area contributed by atoms with Crippen LogP contribution in [-0.2, 0) is 6.54 Å². The normalized spacial score (nSPS) is 18.3.